The van der Waals surface area contributed by atoms with Gasteiger partial charge in [0.25, 0.3) is 11.6 Å². The SMILES string of the molecule is CCOC(=NC(C#N)C(N)=O)c1ccc([N+](=O)[O-])cc1. The lowest BCUT2D eigenvalue weighted by Crippen LogP contribution is -2.27. The van der Waals surface area contributed by atoms with Crippen molar-refractivity contribution < 1.29 is 14.5 Å². The van der Waals surface area contributed by atoms with Crippen LogP contribution in [0.2, 0.25) is 0 Å². The van der Waals surface area contributed by atoms with E-state index in [0.717, 1.165) is 0 Å². The molecule has 8 nitrogen and oxygen atoms in total. The fourth-order valence-electron chi connectivity index (χ4n) is 1.33. The molecule has 1 amide bonds. The molecule has 0 aliphatic carbocycles. The van der Waals surface area contributed by atoms with E-state index >= 15 is 0 Å². The maximum absolute atomic E-state index is 11.0. The summed E-state index contributed by atoms with van der Waals surface area (Å²) in [5.41, 5.74) is 5.35. The quantitative estimate of drug-likeness (QED) is 0.367. The number of ether oxygens (including phenoxy) is 1. The van der Waals surface area contributed by atoms with Crippen LogP contribution in [-0.2, 0) is 9.53 Å². The van der Waals surface area contributed by atoms with Gasteiger partial charge < -0.3 is 10.5 Å². The Morgan fingerprint density at radius 1 is 1.55 bits per heavy atom. The Morgan fingerprint density at radius 2 is 2.15 bits per heavy atom. The van der Waals surface area contributed by atoms with Crippen LogP contribution in [0.4, 0.5) is 5.69 Å². The molecule has 0 saturated heterocycles. The number of nitrogens with zero attached hydrogens (tertiary/aromatic N) is 3. The number of amides is 1. The molecule has 8 heteroatoms. The summed E-state index contributed by atoms with van der Waals surface area (Å²) in [6.07, 6.45) is 0. The summed E-state index contributed by atoms with van der Waals surface area (Å²) in [5.74, 6) is -0.862. The van der Waals surface area contributed by atoms with E-state index in [2.05, 4.69) is 4.99 Å². The lowest BCUT2D eigenvalue weighted by atomic mass is 10.2. The van der Waals surface area contributed by atoms with E-state index in [4.69, 9.17) is 15.7 Å². The molecule has 0 aliphatic rings. The van der Waals surface area contributed by atoms with Crippen LogP contribution in [0.5, 0.6) is 0 Å². The summed E-state index contributed by atoms with van der Waals surface area (Å²) in [5, 5.41) is 19.3. The number of primary amides is 1. The molecule has 1 aromatic rings. The van der Waals surface area contributed by atoms with Crippen LogP contribution >= 0.6 is 0 Å². The molecule has 0 spiro atoms. The molecule has 0 fully saturated rings. The molecule has 0 heterocycles. The fraction of sp³-hybridized carbons (Fsp3) is 0.250. The van der Waals surface area contributed by atoms with Crippen LogP contribution in [0.3, 0.4) is 0 Å². The lowest BCUT2D eigenvalue weighted by Gasteiger charge is -2.08. The number of aliphatic imine (C=N–C) groups is 1. The van der Waals surface area contributed by atoms with Gasteiger partial charge in [-0.05, 0) is 19.1 Å². The van der Waals surface area contributed by atoms with Crippen molar-refractivity contribution in [3.63, 3.8) is 0 Å². The van der Waals surface area contributed by atoms with E-state index in [1.807, 2.05) is 0 Å². The first-order valence-corrected chi connectivity index (χ1v) is 5.64. The van der Waals surface area contributed by atoms with Crippen LogP contribution in [0.25, 0.3) is 0 Å². The Hall–Kier alpha value is -2.95. The number of non-ortho nitro benzene ring substituents is 1. The van der Waals surface area contributed by atoms with E-state index in [9.17, 15) is 14.9 Å². The second kappa shape index (κ2) is 6.84. The monoisotopic (exact) mass is 276 g/mol. The van der Waals surface area contributed by atoms with Crippen molar-refractivity contribution in [2.75, 3.05) is 6.61 Å². The highest BCUT2D eigenvalue weighted by atomic mass is 16.6. The number of benzene rings is 1. The largest absolute Gasteiger partial charge is 0.478 e. The van der Waals surface area contributed by atoms with Crippen LogP contribution in [-0.4, -0.2) is 29.4 Å². The number of nitrogens with two attached hydrogens (primary N) is 1. The van der Waals surface area contributed by atoms with E-state index < -0.39 is 16.9 Å². The number of carbonyl (C=O) groups is 1. The van der Waals surface area contributed by atoms with Gasteiger partial charge in [-0.25, -0.2) is 4.99 Å². The number of hydrogen-bond acceptors (Lipinski definition) is 6. The Labute approximate surface area is 114 Å². The zero-order chi connectivity index (χ0) is 15.1. The predicted molar refractivity (Wildman–Crippen MR) is 69.9 cm³/mol. The molecule has 0 radical (unpaired) electrons. The van der Waals surface area contributed by atoms with Gasteiger partial charge in [0.05, 0.1) is 17.6 Å². The van der Waals surface area contributed by atoms with Gasteiger partial charge in [0.2, 0.25) is 11.9 Å². The molecule has 20 heavy (non-hydrogen) atoms. The van der Waals surface area contributed by atoms with Crippen molar-refractivity contribution in [1.29, 1.82) is 5.26 Å². The maximum atomic E-state index is 11.0. The first-order chi connectivity index (χ1) is 9.49. The van der Waals surface area contributed by atoms with Crippen LogP contribution < -0.4 is 5.73 Å². The maximum Gasteiger partial charge on any atom is 0.269 e. The molecular formula is C12H12N4O4. The molecule has 1 atom stereocenters. The molecule has 2 N–H and O–H groups in total. The minimum Gasteiger partial charge on any atom is -0.478 e. The zero-order valence-electron chi connectivity index (χ0n) is 10.6. The van der Waals surface area contributed by atoms with Gasteiger partial charge in [0.1, 0.15) is 0 Å². The molecule has 1 rings (SSSR count). The first kappa shape index (κ1) is 15.1. The van der Waals surface area contributed by atoms with Gasteiger partial charge in [-0.1, -0.05) is 0 Å². The summed E-state index contributed by atoms with van der Waals surface area (Å²) >= 11 is 0. The summed E-state index contributed by atoms with van der Waals surface area (Å²) < 4.78 is 5.23. The van der Waals surface area contributed by atoms with Gasteiger partial charge in [-0.2, -0.15) is 5.26 Å². The Morgan fingerprint density at radius 3 is 2.55 bits per heavy atom. The molecule has 0 aliphatic heterocycles. The fourth-order valence-corrected chi connectivity index (χ4v) is 1.33. The standard InChI is InChI=1S/C12H12N4O4/c1-2-20-12(15-10(7-13)11(14)17)8-3-5-9(6-4-8)16(18)19/h3-6,10H,2H2,1H3,(H2,14,17). The number of nitro benzene ring substituents is 1. The molecule has 1 unspecified atom stereocenters. The van der Waals surface area contributed by atoms with E-state index in [1.165, 1.54) is 24.3 Å². The molecule has 1 aromatic carbocycles. The van der Waals surface area contributed by atoms with Crippen LogP contribution in [0, 0.1) is 21.4 Å². The summed E-state index contributed by atoms with van der Waals surface area (Å²) in [6, 6.07) is 5.65. The normalized spacial score (nSPS) is 12.3. The number of carbonyl (C=O) groups excluding carboxylic acids is 1. The number of hydrogen-bond donors (Lipinski definition) is 1. The molecule has 0 aromatic heterocycles. The Bertz CT molecular complexity index is 574. The molecule has 0 saturated carbocycles. The smallest absolute Gasteiger partial charge is 0.269 e. The third-order valence-electron chi connectivity index (χ3n) is 2.24. The number of rotatable bonds is 5. The van der Waals surface area contributed by atoms with Crippen LogP contribution in [0.1, 0.15) is 12.5 Å². The van der Waals surface area contributed by atoms with Crippen molar-refractivity contribution >= 4 is 17.5 Å². The van der Waals surface area contributed by atoms with Gasteiger partial charge in [-0.3, -0.25) is 14.9 Å². The van der Waals surface area contributed by atoms with E-state index in [1.54, 1.807) is 13.0 Å². The lowest BCUT2D eigenvalue weighted by molar-refractivity contribution is -0.384. The Balaban J connectivity index is 3.13. The van der Waals surface area contributed by atoms with Crippen molar-refractivity contribution in [3.8, 4) is 6.07 Å². The first-order valence-electron chi connectivity index (χ1n) is 5.64. The van der Waals surface area contributed by atoms with Crippen molar-refractivity contribution in [1.82, 2.24) is 0 Å². The highest BCUT2D eigenvalue weighted by Crippen LogP contribution is 2.13. The van der Waals surface area contributed by atoms with Gasteiger partial charge in [0, 0.05) is 17.7 Å². The predicted octanol–water partition coefficient (Wildman–Crippen LogP) is 0.755. The Kier molecular flexibility index (Phi) is 5.17. The third-order valence-corrected chi connectivity index (χ3v) is 2.24. The van der Waals surface area contributed by atoms with E-state index in [-0.39, 0.29) is 18.2 Å². The number of nitriles is 1. The highest BCUT2D eigenvalue weighted by Gasteiger charge is 2.16. The summed E-state index contributed by atoms with van der Waals surface area (Å²) in [6.45, 7) is 1.96. The second-order valence-corrected chi connectivity index (χ2v) is 3.61. The summed E-state index contributed by atoms with van der Waals surface area (Å²) in [4.78, 5) is 24.8. The van der Waals surface area contributed by atoms with Gasteiger partial charge in [0.15, 0.2) is 0 Å². The van der Waals surface area contributed by atoms with Crippen molar-refractivity contribution in [2.24, 2.45) is 10.7 Å². The third kappa shape index (κ3) is 3.78. The minimum absolute atomic E-state index is 0.0350. The average molecular weight is 276 g/mol. The molecular weight excluding hydrogens is 264 g/mol. The van der Waals surface area contributed by atoms with E-state index in [0.29, 0.717) is 5.56 Å². The van der Waals surface area contributed by atoms with Crippen molar-refractivity contribution in [2.45, 2.75) is 13.0 Å². The van der Waals surface area contributed by atoms with Gasteiger partial charge >= 0.3 is 0 Å². The minimum atomic E-state index is -1.37. The number of nitro groups is 1. The van der Waals surface area contributed by atoms with Gasteiger partial charge in [-0.15, -0.1) is 0 Å². The topological polar surface area (TPSA) is 132 Å². The average Bonchev–Trinajstić information content (AvgIpc) is 2.43. The second-order valence-electron chi connectivity index (χ2n) is 3.61. The molecule has 0 bridgehead atoms. The highest BCUT2D eigenvalue weighted by molar-refractivity contribution is 5.97. The van der Waals surface area contributed by atoms with Crippen LogP contribution in [0.15, 0.2) is 29.3 Å². The summed E-state index contributed by atoms with van der Waals surface area (Å²) in [7, 11) is 0. The zero-order valence-corrected chi connectivity index (χ0v) is 10.6. The molecule has 104 valence electrons. The van der Waals surface area contributed by atoms with Crippen molar-refractivity contribution in [3.05, 3.63) is 39.9 Å².